The average molecular weight is 161 g/mol. The molecule has 5 nitrogen and oxygen atoms in total. The van der Waals surface area contributed by atoms with E-state index in [0.29, 0.717) is 4.90 Å². The molecule has 0 rings (SSSR count). The fourth-order valence-electron chi connectivity index (χ4n) is 0.652. The van der Waals surface area contributed by atoms with Crippen molar-refractivity contribution in [1.82, 2.24) is 4.90 Å². The Hall–Kier alpha value is -1.10. The molecule has 0 aromatic heterocycles. The predicted octanol–water partition coefficient (Wildman–Crippen LogP) is 0.505. The van der Waals surface area contributed by atoms with E-state index in [2.05, 4.69) is 4.74 Å². The van der Waals surface area contributed by atoms with Gasteiger partial charge in [-0.25, -0.2) is 9.69 Å². The lowest BCUT2D eigenvalue weighted by Crippen LogP contribution is -2.41. The summed E-state index contributed by atoms with van der Waals surface area (Å²) in [5, 5.41) is 8.47. The van der Waals surface area contributed by atoms with Crippen molar-refractivity contribution >= 4 is 12.0 Å². The van der Waals surface area contributed by atoms with Gasteiger partial charge in [-0.05, 0) is 6.92 Å². The van der Waals surface area contributed by atoms with Crippen molar-refractivity contribution < 1.29 is 19.4 Å². The Morgan fingerprint density at radius 1 is 1.55 bits per heavy atom. The van der Waals surface area contributed by atoms with Gasteiger partial charge < -0.3 is 9.84 Å². The summed E-state index contributed by atoms with van der Waals surface area (Å²) in [6.07, 6.45) is -2.03. The Morgan fingerprint density at radius 3 is 2.09 bits per heavy atom. The Labute approximate surface area is 64.6 Å². The van der Waals surface area contributed by atoms with Gasteiger partial charge in [0.1, 0.15) is 6.23 Å². The van der Waals surface area contributed by atoms with Gasteiger partial charge in [0.05, 0.1) is 0 Å². The first-order valence-corrected chi connectivity index (χ1v) is 3.06. The zero-order valence-corrected chi connectivity index (χ0v) is 6.70. The second kappa shape index (κ2) is 3.92. The molecule has 0 saturated heterocycles. The van der Waals surface area contributed by atoms with Gasteiger partial charge in [-0.3, -0.25) is 4.79 Å². The van der Waals surface area contributed by atoms with Crippen LogP contribution in [0.4, 0.5) is 4.79 Å². The quantitative estimate of drug-likeness (QED) is 0.599. The van der Waals surface area contributed by atoms with Gasteiger partial charge in [-0.1, -0.05) is 0 Å². The Kier molecular flexibility index (Phi) is 3.53. The van der Waals surface area contributed by atoms with Crippen molar-refractivity contribution in [3.8, 4) is 0 Å². The van der Waals surface area contributed by atoms with E-state index in [9.17, 15) is 9.59 Å². The van der Waals surface area contributed by atoms with E-state index in [1.54, 1.807) is 0 Å². The zero-order valence-electron chi connectivity index (χ0n) is 6.70. The third-order valence-corrected chi connectivity index (χ3v) is 1.25. The highest BCUT2D eigenvalue weighted by Crippen LogP contribution is 2.00. The highest BCUT2D eigenvalue weighted by molar-refractivity contribution is 5.89. The van der Waals surface area contributed by atoms with Crippen LogP contribution in [0.25, 0.3) is 0 Å². The number of rotatable bonds is 2. The number of methoxy groups -OCH3 is 1. The highest BCUT2D eigenvalue weighted by atomic mass is 16.5. The first-order valence-electron chi connectivity index (χ1n) is 3.06. The van der Waals surface area contributed by atoms with Crippen molar-refractivity contribution in [1.29, 1.82) is 0 Å². The SMILES string of the molecule is COC(C)N(C(C)=O)C(=O)O. The summed E-state index contributed by atoms with van der Waals surface area (Å²) in [7, 11) is 1.34. The summed E-state index contributed by atoms with van der Waals surface area (Å²) >= 11 is 0. The summed E-state index contributed by atoms with van der Waals surface area (Å²) in [6, 6.07) is 0. The van der Waals surface area contributed by atoms with Gasteiger partial charge in [0, 0.05) is 14.0 Å². The summed E-state index contributed by atoms with van der Waals surface area (Å²) in [5.74, 6) is -0.549. The second-order valence-corrected chi connectivity index (χ2v) is 2.01. The van der Waals surface area contributed by atoms with E-state index in [0.717, 1.165) is 0 Å². The molecule has 5 heteroatoms. The van der Waals surface area contributed by atoms with E-state index >= 15 is 0 Å². The summed E-state index contributed by atoms with van der Waals surface area (Å²) in [5.41, 5.74) is 0. The number of carboxylic acid groups (broad SMARTS) is 1. The van der Waals surface area contributed by atoms with Crippen LogP contribution in [0.5, 0.6) is 0 Å². The zero-order chi connectivity index (χ0) is 9.02. The molecule has 1 N–H and O–H groups in total. The molecule has 2 amide bonds. The molecule has 0 aromatic rings. The van der Waals surface area contributed by atoms with Crippen LogP contribution in [-0.4, -0.2) is 35.3 Å². The number of carbonyl (C=O) groups excluding carboxylic acids is 1. The molecule has 0 radical (unpaired) electrons. The normalized spacial score (nSPS) is 12.3. The third kappa shape index (κ3) is 2.55. The van der Waals surface area contributed by atoms with Gasteiger partial charge in [0.2, 0.25) is 5.91 Å². The number of carbonyl (C=O) groups is 2. The second-order valence-electron chi connectivity index (χ2n) is 2.01. The van der Waals surface area contributed by atoms with Crippen LogP contribution in [0.15, 0.2) is 0 Å². The maximum Gasteiger partial charge on any atom is 0.416 e. The maximum atomic E-state index is 10.7. The van der Waals surface area contributed by atoms with E-state index in [1.165, 1.54) is 21.0 Å². The molecule has 0 heterocycles. The van der Waals surface area contributed by atoms with Gasteiger partial charge in [0.15, 0.2) is 0 Å². The molecule has 0 aliphatic heterocycles. The molecule has 64 valence electrons. The minimum atomic E-state index is -1.30. The lowest BCUT2D eigenvalue weighted by Gasteiger charge is -2.21. The molecule has 0 aliphatic rings. The topological polar surface area (TPSA) is 66.8 Å². The number of hydrogen-bond donors (Lipinski definition) is 1. The van der Waals surface area contributed by atoms with Crippen molar-refractivity contribution in [2.24, 2.45) is 0 Å². The molecule has 1 atom stereocenters. The van der Waals surface area contributed by atoms with Crippen LogP contribution in [-0.2, 0) is 9.53 Å². The number of nitrogens with zero attached hydrogens (tertiary/aromatic N) is 1. The number of imide groups is 1. The molecular weight excluding hydrogens is 150 g/mol. The number of ether oxygens (including phenoxy) is 1. The number of hydrogen-bond acceptors (Lipinski definition) is 3. The van der Waals surface area contributed by atoms with Crippen molar-refractivity contribution in [2.75, 3.05) is 7.11 Å². The van der Waals surface area contributed by atoms with Crippen LogP contribution in [0, 0.1) is 0 Å². The van der Waals surface area contributed by atoms with Gasteiger partial charge in [-0.15, -0.1) is 0 Å². The van der Waals surface area contributed by atoms with Crippen molar-refractivity contribution in [3.63, 3.8) is 0 Å². The van der Waals surface area contributed by atoms with Crippen LogP contribution in [0.1, 0.15) is 13.8 Å². The molecule has 0 saturated carbocycles. The van der Waals surface area contributed by atoms with E-state index in [4.69, 9.17) is 5.11 Å². The molecule has 0 aromatic carbocycles. The van der Waals surface area contributed by atoms with Crippen LogP contribution >= 0.6 is 0 Å². The molecule has 11 heavy (non-hydrogen) atoms. The van der Waals surface area contributed by atoms with Crippen LogP contribution in [0.2, 0.25) is 0 Å². The smallest absolute Gasteiger partial charge is 0.416 e. The Balaban J connectivity index is 4.34. The average Bonchev–Trinajstić information content (AvgIpc) is 1.85. The Bertz CT molecular complexity index is 154. The minimum absolute atomic E-state index is 0.549. The van der Waals surface area contributed by atoms with Gasteiger partial charge in [0.25, 0.3) is 0 Å². The standard InChI is InChI=1S/C6H11NO4/c1-4(8)7(6(9)10)5(2)11-3/h5H,1-3H3,(H,9,10). The van der Waals surface area contributed by atoms with Gasteiger partial charge >= 0.3 is 6.09 Å². The van der Waals surface area contributed by atoms with E-state index < -0.39 is 18.2 Å². The van der Waals surface area contributed by atoms with E-state index in [-0.39, 0.29) is 0 Å². The fourth-order valence-corrected chi connectivity index (χ4v) is 0.652. The summed E-state index contributed by atoms with van der Waals surface area (Å²) in [6.45, 7) is 2.65. The summed E-state index contributed by atoms with van der Waals surface area (Å²) in [4.78, 5) is 21.6. The minimum Gasteiger partial charge on any atom is -0.465 e. The first-order chi connectivity index (χ1) is 5.00. The lowest BCUT2D eigenvalue weighted by atomic mass is 10.5. The predicted molar refractivity (Wildman–Crippen MR) is 37.0 cm³/mol. The maximum absolute atomic E-state index is 10.7. The van der Waals surface area contributed by atoms with E-state index in [1.807, 2.05) is 0 Å². The molecule has 1 unspecified atom stereocenters. The molecular formula is C6H11NO4. The molecule has 0 bridgehead atoms. The molecule has 0 fully saturated rings. The van der Waals surface area contributed by atoms with Crippen LogP contribution in [0.3, 0.4) is 0 Å². The first kappa shape index (κ1) is 9.90. The van der Waals surface area contributed by atoms with Gasteiger partial charge in [-0.2, -0.15) is 0 Å². The highest BCUT2D eigenvalue weighted by Gasteiger charge is 2.22. The monoisotopic (exact) mass is 161 g/mol. The fraction of sp³-hybridized carbons (Fsp3) is 0.667. The van der Waals surface area contributed by atoms with Crippen molar-refractivity contribution in [2.45, 2.75) is 20.1 Å². The third-order valence-electron chi connectivity index (χ3n) is 1.25. The summed E-state index contributed by atoms with van der Waals surface area (Å²) < 4.78 is 4.66. The Morgan fingerprint density at radius 2 is 2.00 bits per heavy atom. The largest absolute Gasteiger partial charge is 0.465 e. The molecule has 0 aliphatic carbocycles. The van der Waals surface area contributed by atoms with Crippen molar-refractivity contribution in [3.05, 3.63) is 0 Å². The van der Waals surface area contributed by atoms with Crippen LogP contribution < -0.4 is 0 Å². The number of amides is 2. The molecule has 0 spiro atoms. The lowest BCUT2D eigenvalue weighted by molar-refractivity contribution is -0.135.